The smallest absolute Gasteiger partial charge is 0.313 e. The molecule has 0 aromatic heterocycles. The summed E-state index contributed by atoms with van der Waals surface area (Å²) in [6.07, 6.45) is 0.770. The maximum Gasteiger partial charge on any atom is 0.313 e. The summed E-state index contributed by atoms with van der Waals surface area (Å²) < 4.78 is 10.5. The average Bonchev–Trinajstić information content (AvgIpc) is 2.82. The van der Waals surface area contributed by atoms with E-state index in [0.29, 0.717) is 24.4 Å². The van der Waals surface area contributed by atoms with E-state index in [1.165, 1.54) is 18.2 Å². The van der Waals surface area contributed by atoms with Crippen molar-refractivity contribution in [1.82, 2.24) is 0 Å². The zero-order valence-electron chi connectivity index (χ0n) is 17.9. The van der Waals surface area contributed by atoms with E-state index in [-0.39, 0.29) is 6.42 Å². The summed E-state index contributed by atoms with van der Waals surface area (Å²) in [5.41, 5.74) is 3.98. The van der Waals surface area contributed by atoms with Crippen LogP contribution in [0.3, 0.4) is 0 Å². The number of methoxy groups -OCH3 is 2. The highest BCUT2D eigenvalue weighted by Crippen LogP contribution is 2.34. The Kier molecular flexibility index (Phi) is 7.82. The molecule has 0 aliphatic rings. The Labute approximate surface area is 183 Å². The van der Waals surface area contributed by atoms with Crippen LogP contribution in [0.1, 0.15) is 29.0 Å². The predicted octanol–water partition coefficient (Wildman–Crippen LogP) is 4.75. The molecule has 3 aromatic carbocycles. The highest BCUT2D eigenvalue weighted by molar-refractivity contribution is 5.82. The van der Waals surface area contributed by atoms with E-state index in [2.05, 4.69) is 29.2 Å². The molecule has 5 nitrogen and oxygen atoms in total. The minimum atomic E-state index is -0.691. The van der Waals surface area contributed by atoms with Gasteiger partial charge in [0.2, 0.25) is 0 Å². The van der Waals surface area contributed by atoms with E-state index in [1.807, 2.05) is 54.6 Å². The molecule has 0 aliphatic carbocycles. The third kappa shape index (κ3) is 5.72. The summed E-state index contributed by atoms with van der Waals surface area (Å²) in [6, 6.07) is 26.2. The van der Waals surface area contributed by atoms with Gasteiger partial charge in [-0.25, -0.2) is 0 Å². The van der Waals surface area contributed by atoms with Gasteiger partial charge in [-0.2, -0.15) is 0 Å². The van der Waals surface area contributed by atoms with Crippen LogP contribution in [0.5, 0.6) is 5.75 Å². The van der Waals surface area contributed by atoms with Crippen LogP contribution < -0.4 is 9.64 Å². The van der Waals surface area contributed by atoms with Gasteiger partial charge in [-0.15, -0.1) is 0 Å². The van der Waals surface area contributed by atoms with Gasteiger partial charge in [0.1, 0.15) is 12.0 Å². The monoisotopic (exact) mass is 417 g/mol. The molecule has 160 valence electrons. The van der Waals surface area contributed by atoms with Crippen LogP contribution in [0.25, 0.3) is 0 Å². The lowest BCUT2D eigenvalue weighted by Gasteiger charge is -2.27. The minimum Gasteiger partial charge on any atom is -0.496 e. The summed E-state index contributed by atoms with van der Waals surface area (Å²) >= 11 is 0. The fraction of sp³-hybridized carbons (Fsp3) is 0.231. The molecule has 0 amide bonds. The Bertz CT molecular complexity index is 947. The maximum atomic E-state index is 12.2. The second kappa shape index (κ2) is 11.0. The normalized spacial score (nSPS) is 11.4. The molecule has 0 N–H and O–H groups in total. The molecule has 1 atom stereocenters. The van der Waals surface area contributed by atoms with E-state index in [1.54, 1.807) is 7.11 Å². The van der Waals surface area contributed by atoms with Gasteiger partial charge in [0.25, 0.3) is 0 Å². The molecule has 0 aliphatic heterocycles. The van der Waals surface area contributed by atoms with Gasteiger partial charge in [-0.3, -0.25) is 4.79 Å². The number of anilines is 1. The molecular formula is C26H27NO4. The summed E-state index contributed by atoms with van der Waals surface area (Å²) in [4.78, 5) is 25.6. The van der Waals surface area contributed by atoms with Crippen LogP contribution in [0.2, 0.25) is 0 Å². The third-order valence-corrected chi connectivity index (χ3v) is 5.21. The molecule has 0 bridgehead atoms. The van der Waals surface area contributed by atoms with Crippen molar-refractivity contribution in [2.75, 3.05) is 19.1 Å². The topological polar surface area (TPSA) is 55.8 Å². The standard InChI is InChI=1S/C26H27NO4/c1-30-25-17-22(13-14-23(25)24(15-16-28)26(29)31-2)27(18-20-9-5-3-6-10-20)19-21-11-7-4-8-12-21/h3-14,16-17,24H,15,18-19H2,1-2H3/t24-/m1/s1. The van der Waals surface area contributed by atoms with Crippen molar-refractivity contribution in [3.63, 3.8) is 0 Å². The predicted molar refractivity (Wildman–Crippen MR) is 121 cm³/mol. The van der Waals surface area contributed by atoms with Crippen molar-refractivity contribution < 1.29 is 19.1 Å². The average molecular weight is 418 g/mol. The number of hydrogen-bond donors (Lipinski definition) is 0. The molecular weight excluding hydrogens is 390 g/mol. The van der Waals surface area contributed by atoms with Crippen LogP contribution in [-0.2, 0) is 27.4 Å². The van der Waals surface area contributed by atoms with Crippen LogP contribution in [0.15, 0.2) is 78.9 Å². The molecule has 0 spiro atoms. The van der Waals surface area contributed by atoms with E-state index in [4.69, 9.17) is 9.47 Å². The summed E-state index contributed by atoms with van der Waals surface area (Å²) in [5, 5.41) is 0. The van der Waals surface area contributed by atoms with E-state index in [9.17, 15) is 9.59 Å². The first-order valence-electron chi connectivity index (χ1n) is 10.2. The van der Waals surface area contributed by atoms with Crippen LogP contribution in [-0.4, -0.2) is 26.5 Å². The molecule has 5 heteroatoms. The SMILES string of the molecule is COC(=O)[C@H](CC=O)c1ccc(N(Cc2ccccc2)Cc2ccccc2)cc1OC. The Balaban J connectivity index is 1.97. The van der Waals surface area contributed by atoms with Crippen LogP contribution in [0.4, 0.5) is 5.69 Å². The molecule has 31 heavy (non-hydrogen) atoms. The van der Waals surface area contributed by atoms with Gasteiger partial charge in [0.15, 0.2) is 0 Å². The van der Waals surface area contributed by atoms with Crippen molar-refractivity contribution >= 4 is 17.9 Å². The zero-order chi connectivity index (χ0) is 22.1. The number of esters is 1. The van der Waals surface area contributed by atoms with Gasteiger partial charge in [-0.05, 0) is 17.2 Å². The Morgan fingerprint density at radius 3 is 1.97 bits per heavy atom. The van der Waals surface area contributed by atoms with E-state index < -0.39 is 11.9 Å². The second-order valence-electron chi connectivity index (χ2n) is 7.23. The number of carbonyl (C=O) groups is 2. The number of benzene rings is 3. The van der Waals surface area contributed by atoms with Gasteiger partial charge in [-0.1, -0.05) is 66.7 Å². The Morgan fingerprint density at radius 2 is 1.48 bits per heavy atom. The minimum absolute atomic E-state index is 0.0418. The lowest BCUT2D eigenvalue weighted by molar-refractivity contribution is -0.143. The van der Waals surface area contributed by atoms with E-state index in [0.717, 1.165) is 12.0 Å². The number of aldehydes is 1. The number of rotatable bonds is 10. The first-order valence-corrected chi connectivity index (χ1v) is 10.2. The van der Waals surface area contributed by atoms with Crippen LogP contribution in [0, 0.1) is 0 Å². The summed E-state index contributed by atoms with van der Waals surface area (Å²) in [5.74, 6) is -0.590. The summed E-state index contributed by atoms with van der Waals surface area (Å²) in [7, 11) is 2.89. The third-order valence-electron chi connectivity index (χ3n) is 5.21. The quantitative estimate of drug-likeness (QED) is 0.352. The number of nitrogens with zero attached hydrogens (tertiary/aromatic N) is 1. The lowest BCUT2D eigenvalue weighted by Crippen LogP contribution is -2.22. The van der Waals surface area contributed by atoms with Crippen molar-refractivity contribution in [3.8, 4) is 5.75 Å². The first kappa shape index (κ1) is 22.1. The molecule has 3 aromatic rings. The lowest BCUT2D eigenvalue weighted by atomic mass is 9.95. The molecule has 0 saturated heterocycles. The molecule has 0 radical (unpaired) electrons. The van der Waals surface area contributed by atoms with E-state index >= 15 is 0 Å². The zero-order valence-corrected chi connectivity index (χ0v) is 17.9. The molecule has 0 heterocycles. The molecule has 0 saturated carbocycles. The Hall–Kier alpha value is -3.60. The molecule has 0 fully saturated rings. The van der Waals surface area contributed by atoms with Crippen molar-refractivity contribution in [3.05, 3.63) is 95.6 Å². The Morgan fingerprint density at radius 1 is 0.903 bits per heavy atom. The van der Waals surface area contributed by atoms with Crippen molar-refractivity contribution in [2.45, 2.75) is 25.4 Å². The van der Waals surface area contributed by atoms with Crippen LogP contribution >= 0.6 is 0 Å². The highest BCUT2D eigenvalue weighted by atomic mass is 16.5. The van der Waals surface area contributed by atoms with Gasteiger partial charge >= 0.3 is 5.97 Å². The van der Waals surface area contributed by atoms with Gasteiger partial charge < -0.3 is 19.2 Å². The van der Waals surface area contributed by atoms with Gasteiger partial charge in [0.05, 0.1) is 20.1 Å². The number of hydrogen-bond acceptors (Lipinski definition) is 5. The number of ether oxygens (including phenoxy) is 2. The molecule has 3 rings (SSSR count). The molecule has 0 unspecified atom stereocenters. The first-order chi connectivity index (χ1) is 15.2. The maximum absolute atomic E-state index is 12.2. The highest BCUT2D eigenvalue weighted by Gasteiger charge is 2.25. The largest absolute Gasteiger partial charge is 0.496 e. The fourth-order valence-corrected chi connectivity index (χ4v) is 3.62. The number of carbonyl (C=O) groups excluding carboxylic acids is 2. The van der Waals surface area contributed by atoms with Crippen molar-refractivity contribution in [1.29, 1.82) is 0 Å². The fourth-order valence-electron chi connectivity index (χ4n) is 3.62. The second-order valence-corrected chi connectivity index (χ2v) is 7.23. The summed E-state index contributed by atoms with van der Waals surface area (Å²) in [6.45, 7) is 1.43. The van der Waals surface area contributed by atoms with Gasteiger partial charge in [0, 0.05) is 36.8 Å². The van der Waals surface area contributed by atoms with Crippen molar-refractivity contribution in [2.24, 2.45) is 0 Å².